The maximum atomic E-state index is 11.8. The molecule has 1 heterocycles. The quantitative estimate of drug-likeness (QED) is 0.473. The summed E-state index contributed by atoms with van der Waals surface area (Å²) in [6, 6.07) is 0. The van der Waals surface area contributed by atoms with Crippen LogP contribution in [0, 0.1) is 0 Å². The predicted octanol–water partition coefficient (Wildman–Crippen LogP) is 0.0836. The second kappa shape index (κ2) is 10.8. The highest BCUT2D eigenvalue weighted by Gasteiger charge is 2.17. The molecule has 1 rings (SSSR count). The molecular weight excluding hydrogens is 326 g/mol. The fourth-order valence-corrected chi connectivity index (χ4v) is 2.20. The van der Waals surface area contributed by atoms with Crippen molar-refractivity contribution in [3.63, 3.8) is 0 Å². The summed E-state index contributed by atoms with van der Waals surface area (Å²) in [5.41, 5.74) is 0. The molecule has 0 saturated carbocycles. The first-order valence-electron chi connectivity index (χ1n) is 8.41. The van der Waals surface area contributed by atoms with Crippen molar-refractivity contribution in [2.75, 3.05) is 72.8 Å². The van der Waals surface area contributed by atoms with Crippen molar-refractivity contribution in [1.29, 1.82) is 0 Å². The van der Waals surface area contributed by atoms with Crippen LogP contribution in [-0.2, 0) is 9.53 Å². The van der Waals surface area contributed by atoms with Gasteiger partial charge in [-0.3, -0.25) is 9.69 Å². The van der Waals surface area contributed by atoms with Crippen LogP contribution in [0.5, 0.6) is 0 Å². The largest absolute Gasteiger partial charge is 0.379 e. The molecule has 0 aromatic rings. The SMILES string of the molecule is CSC(C)(C)CNC(=NCC(=O)N(C)C)NCCN1CCOCC1. The number of amides is 1. The van der Waals surface area contributed by atoms with Gasteiger partial charge in [0.25, 0.3) is 0 Å². The van der Waals surface area contributed by atoms with Gasteiger partial charge in [-0.2, -0.15) is 11.8 Å². The van der Waals surface area contributed by atoms with Crippen LogP contribution in [-0.4, -0.2) is 99.2 Å². The van der Waals surface area contributed by atoms with Crippen LogP contribution < -0.4 is 10.6 Å². The van der Waals surface area contributed by atoms with Gasteiger partial charge in [-0.05, 0) is 20.1 Å². The number of carbonyl (C=O) groups excluding carboxylic acids is 1. The number of likely N-dealkylation sites (N-methyl/N-ethyl adjacent to an activating group) is 1. The Bertz CT molecular complexity index is 409. The van der Waals surface area contributed by atoms with E-state index in [0.29, 0.717) is 5.96 Å². The van der Waals surface area contributed by atoms with Gasteiger partial charge in [0, 0.05) is 51.6 Å². The minimum absolute atomic E-state index is 0.00611. The average molecular weight is 360 g/mol. The molecule has 0 unspecified atom stereocenters. The molecule has 1 amide bonds. The lowest BCUT2D eigenvalue weighted by Gasteiger charge is -2.27. The Morgan fingerprint density at radius 2 is 1.96 bits per heavy atom. The maximum absolute atomic E-state index is 11.8. The number of rotatable bonds is 8. The van der Waals surface area contributed by atoms with Crippen molar-refractivity contribution in [2.24, 2.45) is 4.99 Å². The van der Waals surface area contributed by atoms with Crippen LogP contribution in [0.3, 0.4) is 0 Å². The molecular formula is C16H33N5O2S. The molecule has 0 aromatic carbocycles. The predicted molar refractivity (Wildman–Crippen MR) is 102 cm³/mol. The molecule has 1 aliphatic heterocycles. The standard InChI is InChI=1S/C16H33N5O2S/c1-16(2,24-5)13-19-15(18-12-14(22)20(3)4)17-6-7-21-8-10-23-11-9-21/h6-13H2,1-5H3,(H2,17,18,19). The molecule has 24 heavy (non-hydrogen) atoms. The third-order valence-corrected chi connectivity index (χ3v) is 5.18. The van der Waals surface area contributed by atoms with Crippen molar-refractivity contribution < 1.29 is 9.53 Å². The smallest absolute Gasteiger partial charge is 0.243 e. The number of aliphatic imine (C=N–C) groups is 1. The van der Waals surface area contributed by atoms with Crippen LogP contribution in [0.15, 0.2) is 4.99 Å². The van der Waals surface area contributed by atoms with Crippen molar-refractivity contribution in [1.82, 2.24) is 20.4 Å². The molecule has 1 aliphatic rings. The van der Waals surface area contributed by atoms with E-state index in [9.17, 15) is 4.79 Å². The topological polar surface area (TPSA) is 69.2 Å². The lowest BCUT2D eigenvalue weighted by atomic mass is 10.2. The number of nitrogens with zero attached hydrogens (tertiary/aromatic N) is 3. The highest BCUT2D eigenvalue weighted by molar-refractivity contribution is 7.99. The Morgan fingerprint density at radius 3 is 2.54 bits per heavy atom. The number of carbonyl (C=O) groups is 1. The van der Waals surface area contributed by atoms with E-state index in [2.05, 4.69) is 40.6 Å². The first kappa shape index (κ1) is 21.1. The summed E-state index contributed by atoms with van der Waals surface area (Å²) in [5, 5.41) is 6.68. The fourth-order valence-electron chi connectivity index (χ4n) is 1.99. The number of hydrogen-bond donors (Lipinski definition) is 2. The Kier molecular flexibility index (Phi) is 9.46. The lowest BCUT2D eigenvalue weighted by molar-refractivity contribution is -0.127. The van der Waals surface area contributed by atoms with Gasteiger partial charge in [0.2, 0.25) is 5.91 Å². The number of thioether (sulfide) groups is 1. The Hall–Kier alpha value is -0.990. The van der Waals surface area contributed by atoms with Crippen LogP contribution in [0.25, 0.3) is 0 Å². The van der Waals surface area contributed by atoms with Crippen molar-refractivity contribution in [3.05, 3.63) is 0 Å². The Labute approximate surface area is 150 Å². The van der Waals surface area contributed by atoms with Gasteiger partial charge < -0.3 is 20.3 Å². The second-order valence-corrected chi connectivity index (χ2v) is 8.16. The summed E-state index contributed by atoms with van der Waals surface area (Å²) >= 11 is 1.80. The molecule has 1 fully saturated rings. The van der Waals surface area contributed by atoms with Crippen molar-refractivity contribution in [2.45, 2.75) is 18.6 Å². The van der Waals surface area contributed by atoms with Crippen molar-refractivity contribution in [3.8, 4) is 0 Å². The van der Waals surface area contributed by atoms with Gasteiger partial charge in [0.1, 0.15) is 6.54 Å². The van der Waals surface area contributed by atoms with Crippen molar-refractivity contribution >= 4 is 23.6 Å². The van der Waals surface area contributed by atoms with Gasteiger partial charge >= 0.3 is 0 Å². The first-order valence-corrected chi connectivity index (χ1v) is 9.64. The van der Waals surface area contributed by atoms with E-state index in [4.69, 9.17) is 4.74 Å². The molecule has 2 N–H and O–H groups in total. The summed E-state index contributed by atoms with van der Waals surface area (Å²) in [5.74, 6) is 0.689. The minimum atomic E-state index is -0.00611. The zero-order valence-electron chi connectivity index (χ0n) is 15.7. The zero-order chi connectivity index (χ0) is 18.0. The lowest BCUT2D eigenvalue weighted by Crippen LogP contribution is -2.47. The Morgan fingerprint density at radius 1 is 1.29 bits per heavy atom. The Balaban J connectivity index is 2.49. The monoisotopic (exact) mass is 359 g/mol. The van der Waals surface area contributed by atoms with E-state index >= 15 is 0 Å². The van der Waals surface area contributed by atoms with E-state index in [1.807, 2.05) is 0 Å². The van der Waals surface area contributed by atoms with Crippen LogP contribution in [0.4, 0.5) is 0 Å². The molecule has 7 nitrogen and oxygen atoms in total. The molecule has 1 saturated heterocycles. The number of nitrogens with one attached hydrogen (secondary N) is 2. The minimum Gasteiger partial charge on any atom is -0.379 e. The molecule has 0 aliphatic carbocycles. The van der Waals surface area contributed by atoms with E-state index in [0.717, 1.165) is 45.9 Å². The molecule has 8 heteroatoms. The fraction of sp³-hybridized carbons (Fsp3) is 0.875. The number of hydrogen-bond acceptors (Lipinski definition) is 5. The summed E-state index contributed by atoms with van der Waals surface area (Å²) in [4.78, 5) is 20.1. The molecule has 140 valence electrons. The molecule has 0 spiro atoms. The van der Waals surface area contributed by atoms with E-state index in [1.165, 1.54) is 0 Å². The number of morpholine rings is 1. The van der Waals surface area contributed by atoms with E-state index in [-0.39, 0.29) is 17.2 Å². The first-order chi connectivity index (χ1) is 11.3. The van der Waals surface area contributed by atoms with E-state index < -0.39 is 0 Å². The summed E-state index contributed by atoms with van der Waals surface area (Å²) < 4.78 is 5.47. The van der Waals surface area contributed by atoms with Gasteiger partial charge in [-0.1, -0.05) is 0 Å². The highest BCUT2D eigenvalue weighted by atomic mass is 32.2. The van der Waals surface area contributed by atoms with Crippen LogP contribution in [0.2, 0.25) is 0 Å². The van der Waals surface area contributed by atoms with Gasteiger partial charge in [-0.15, -0.1) is 0 Å². The van der Waals surface area contributed by atoms with Crippen LogP contribution >= 0.6 is 11.8 Å². The maximum Gasteiger partial charge on any atom is 0.243 e. The molecule has 0 aromatic heterocycles. The molecule has 0 radical (unpaired) electrons. The van der Waals surface area contributed by atoms with E-state index in [1.54, 1.807) is 30.8 Å². The van der Waals surface area contributed by atoms with Gasteiger partial charge in [-0.25, -0.2) is 4.99 Å². The summed E-state index contributed by atoms with van der Waals surface area (Å²) in [6.45, 7) is 10.6. The zero-order valence-corrected chi connectivity index (χ0v) is 16.5. The van der Waals surface area contributed by atoms with Crippen LogP contribution in [0.1, 0.15) is 13.8 Å². The summed E-state index contributed by atoms with van der Waals surface area (Å²) in [7, 11) is 3.49. The molecule has 0 atom stereocenters. The number of guanidine groups is 1. The normalized spacial score (nSPS) is 16.8. The van der Waals surface area contributed by atoms with Gasteiger partial charge in [0.15, 0.2) is 5.96 Å². The number of ether oxygens (including phenoxy) is 1. The summed E-state index contributed by atoms with van der Waals surface area (Å²) in [6.07, 6.45) is 2.10. The second-order valence-electron chi connectivity index (χ2n) is 6.65. The van der Waals surface area contributed by atoms with Gasteiger partial charge in [0.05, 0.1) is 13.2 Å². The average Bonchev–Trinajstić information content (AvgIpc) is 2.57. The molecule has 0 bridgehead atoms. The third kappa shape index (κ3) is 8.75. The highest BCUT2D eigenvalue weighted by Crippen LogP contribution is 2.19. The third-order valence-electron chi connectivity index (χ3n) is 3.93.